The van der Waals surface area contributed by atoms with Gasteiger partial charge in [-0.25, -0.2) is 9.59 Å². The number of methoxy groups -OCH3 is 2. The monoisotopic (exact) mass is 305 g/mol. The van der Waals surface area contributed by atoms with Crippen molar-refractivity contribution >= 4 is 20.2 Å². The molecule has 8 nitrogen and oxygen atoms in total. The van der Waals surface area contributed by atoms with Gasteiger partial charge in [-0.15, -0.1) is 4.89 Å². The molecule has 1 unspecified atom stereocenters. The molecule has 0 saturated carbocycles. The fraction of sp³-hybridized carbons (Fsp3) is 0.273. The van der Waals surface area contributed by atoms with E-state index < -0.39 is 27.0 Å². The summed E-state index contributed by atoms with van der Waals surface area (Å²) >= 11 is 0. The first-order valence-electron chi connectivity index (χ1n) is 5.13. The van der Waals surface area contributed by atoms with Crippen LogP contribution in [0.15, 0.2) is 24.3 Å². The fourth-order valence-electron chi connectivity index (χ4n) is 1.11. The molecule has 9 heteroatoms. The molecule has 1 aromatic rings. The Labute approximate surface area is 115 Å². The lowest BCUT2D eigenvalue weighted by Crippen LogP contribution is -2.11. The molecule has 0 aromatic heterocycles. The minimum absolute atomic E-state index is 0.210. The Morgan fingerprint density at radius 1 is 1.10 bits per heavy atom. The summed E-state index contributed by atoms with van der Waals surface area (Å²) in [5, 5.41) is 7.67. The molecular formula is C11H14O8P+. The molecule has 110 valence electrons. The topological polar surface area (TPSA) is 119 Å². The highest BCUT2D eigenvalue weighted by Gasteiger charge is 2.16. The number of esters is 2. The van der Waals surface area contributed by atoms with Gasteiger partial charge in [0, 0.05) is 4.57 Å². The van der Waals surface area contributed by atoms with E-state index in [0.29, 0.717) is 0 Å². The summed E-state index contributed by atoms with van der Waals surface area (Å²) in [5.41, 5.74) is 0.420. The summed E-state index contributed by atoms with van der Waals surface area (Å²) in [6.07, 6.45) is 0. The Morgan fingerprint density at radius 2 is 1.50 bits per heavy atom. The molecule has 20 heavy (non-hydrogen) atoms. The van der Waals surface area contributed by atoms with Gasteiger partial charge in [0.15, 0.2) is 0 Å². The number of hydrogen-bond acceptors (Lipinski definition) is 7. The molecule has 1 rings (SSSR count). The van der Waals surface area contributed by atoms with Crippen molar-refractivity contribution in [3.8, 4) is 0 Å². The van der Waals surface area contributed by atoms with E-state index in [9.17, 15) is 14.2 Å². The van der Waals surface area contributed by atoms with Gasteiger partial charge in [-0.3, -0.25) is 0 Å². The molecule has 0 amide bonds. The van der Waals surface area contributed by atoms with Crippen molar-refractivity contribution < 1.29 is 38.2 Å². The quantitative estimate of drug-likeness (QED) is 0.477. The van der Waals surface area contributed by atoms with Gasteiger partial charge in [-0.2, -0.15) is 0 Å². The van der Waals surface area contributed by atoms with Crippen LogP contribution in [0.2, 0.25) is 0 Å². The molecule has 0 bridgehead atoms. The standard InChI is InChI=1S/C10H10O4.CH3O4P/c1-13-9(11)7-5-3-4-6-8(7)10(12)14-2;2-1-5-6(3)4/h3-6H,1-2H3;2H,1H2/p+1. The number of aliphatic hydroxyl groups excluding tert-OH is 1. The first kappa shape index (κ1) is 18.1. The van der Waals surface area contributed by atoms with Gasteiger partial charge in [0.1, 0.15) is 0 Å². The average Bonchev–Trinajstić information content (AvgIpc) is 2.46. The fourth-order valence-corrected chi connectivity index (χ4v) is 1.21. The van der Waals surface area contributed by atoms with Crippen LogP contribution in [0.4, 0.5) is 0 Å². The highest BCUT2D eigenvalue weighted by molar-refractivity contribution is 7.32. The number of aliphatic hydroxyl groups is 1. The van der Waals surface area contributed by atoms with Crippen molar-refractivity contribution in [2.75, 3.05) is 21.0 Å². The smallest absolute Gasteiger partial charge is 0.465 e. The van der Waals surface area contributed by atoms with Crippen molar-refractivity contribution in [3.05, 3.63) is 35.4 Å². The Bertz CT molecular complexity index is 438. The number of benzene rings is 1. The predicted octanol–water partition coefficient (Wildman–Crippen LogP) is 0.862. The van der Waals surface area contributed by atoms with Crippen LogP contribution in [0.5, 0.6) is 0 Å². The number of rotatable bonds is 4. The number of hydrogen-bond donors (Lipinski definition) is 2. The molecule has 0 aliphatic rings. The highest BCUT2D eigenvalue weighted by Crippen LogP contribution is 2.11. The number of carbonyl (C=O) groups is 2. The first-order chi connectivity index (χ1) is 9.47. The van der Waals surface area contributed by atoms with Crippen LogP contribution in [0.3, 0.4) is 0 Å². The minimum atomic E-state index is -2.60. The van der Waals surface area contributed by atoms with E-state index in [0.717, 1.165) is 0 Å². The maximum Gasteiger partial charge on any atom is 0.697 e. The van der Waals surface area contributed by atoms with E-state index in [4.69, 9.17) is 10.00 Å². The molecule has 0 spiro atoms. The largest absolute Gasteiger partial charge is 0.697 e. The zero-order valence-electron chi connectivity index (χ0n) is 10.8. The van der Waals surface area contributed by atoms with E-state index in [1.807, 2.05) is 0 Å². The zero-order chi connectivity index (χ0) is 15.5. The maximum atomic E-state index is 11.2. The Balaban J connectivity index is 0.000000511. The molecule has 0 radical (unpaired) electrons. The molecule has 0 heterocycles. The third-order valence-electron chi connectivity index (χ3n) is 1.91. The molecule has 0 fully saturated rings. The van der Waals surface area contributed by atoms with Gasteiger partial charge < -0.3 is 14.6 Å². The van der Waals surface area contributed by atoms with Crippen molar-refractivity contribution in [1.82, 2.24) is 0 Å². The van der Waals surface area contributed by atoms with Gasteiger partial charge in [0.05, 0.1) is 25.3 Å². The second kappa shape index (κ2) is 9.99. The number of ether oxygens (including phenoxy) is 2. The molecule has 0 saturated heterocycles. The molecule has 2 N–H and O–H groups in total. The van der Waals surface area contributed by atoms with E-state index in [2.05, 4.69) is 14.0 Å². The van der Waals surface area contributed by atoms with Gasteiger partial charge >= 0.3 is 20.2 Å². The third kappa shape index (κ3) is 6.35. The van der Waals surface area contributed by atoms with Crippen LogP contribution in [0, 0.1) is 0 Å². The second-order valence-corrected chi connectivity index (χ2v) is 3.76. The summed E-state index contributed by atoms with van der Waals surface area (Å²) in [6, 6.07) is 6.33. The maximum absolute atomic E-state index is 11.2. The van der Waals surface area contributed by atoms with Crippen LogP contribution in [-0.2, 0) is 18.6 Å². The van der Waals surface area contributed by atoms with E-state index >= 15 is 0 Å². The summed E-state index contributed by atoms with van der Waals surface area (Å²) in [4.78, 5) is 30.1. The van der Waals surface area contributed by atoms with Crippen molar-refractivity contribution in [3.63, 3.8) is 0 Å². The Hall–Kier alpha value is -1.86. The highest BCUT2D eigenvalue weighted by atomic mass is 31.1. The third-order valence-corrected chi connectivity index (χ3v) is 2.24. The van der Waals surface area contributed by atoms with Crippen molar-refractivity contribution in [2.24, 2.45) is 0 Å². The van der Waals surface area contributed by atoms with Crippen LogP contribution < -0.4 is 0 Å². The van der Waals surface area contributed by atoms with Crippen molar-refractivity contribution in [2.45, 2.75) is 0 Å². The summed E-state index contributed by atoms with van der Waals surface area (Å²) < 4.78 is 22.1. The van der Waals surface area contributed by atoms with Crippen LogP contribution >= 0.6 is 8.25 Å². The van der Waals surface area contributed by atoms with E-state index in [1.54, 1.807) is 12.1 Å². The summed E-state index contributed by atoms with van der Waals surface area (Å²) in [5.74, 6) is -1.10. The van der Waals surface area contributed by atoms with Crippen LogP contribution in [0.25, 0.3) is 0 Å². The van der Waals surface area contributed by atoms with Crippen LogP contribution in [-0.4, -0.2) is 43.0 Å². The first-order valence-corrected chi connectivity index (χ1v) is 6.26. The number of carbonyl (C=O) groups excluding carboxylic acids is 2. The molecular weight excluding hydrogens is 291 g/mol. The second-order valence-electron chi connectivity index (χ2n) is 3.02. The van der Waals surface area contributed by atoms with Gasteiger partial charge in [-0.05, 0) is 12.1 Å². The predicted molar refractivity (Wildman–Crippen MR) is 67.1 cm³/mol. The van der Waals surface area contributed by atoms with E-state index in [-0.39, 0.29) is 11.1 Å². The lowest BCUT2D eigenvalue weighted by Gasteiger charge is -2.04. The molecule has 1 aromatic carbocycles. The molecule has 0 aliphatic carbocycles. The average molecular weight is 305 g/mol. The molecule has 0 aliphatic heterocycles. The van der Waals surface area contributed by atoms with Crippen LogP contribution in [0.1, 0.15) is 20.7 Å². The van der Waals surface area contributed by atoms with Crippen molar-refractivity contribution in [1.29, 1.82) is 0 Å². The van der Waals surface area contributed by atoms with Gasteiger partial charge in [0.25, 0.3) is 0 Å². The Morgan fingerprint density at radius 3 is 1.70 bits per heavy atom. The normalized spacial score (nSPS) is 9.90. The summed E-state index contributed by atoms with van der Waals surface area (Å²) in [6.45, 7) is -0.703. The lowest BCUT2D eigenvalue weighted by molar-refractivity contribution is 0.0555. The van der Waals surface area contributed by atoms with Gasteiger partial charge in [-0.1, -0.05) is 16.7 Å². The lowest BCUT2D eigenvalue weighted by atomic mass is 10.1. The Kier molecular flexibility index (Phi) is 9.06. The van der Waals surface area contributed by atoms with Gasteiger partial charge in [0.2, 0.25) is 6.79 Å². The molecule has 1 atom stereocenters. The van der Waals surface area contributed by atoms with E-state index in [1.165, 1.54) is 26.4 Å². The zero-order valence-corrected chi connectivity index (χ0v) is 11.7. The minimum Gasteiger partial charge on any atom is -0.465 e. The summed E-state index contributed by atoms with van der Waals surface area (Å²) in [7, 11) is -0.0799. The SMILES string of the molecule is COC(=O)c1ccccc1C(=O)OC.O=[P+](O)OCO.